The molecule has 3 nitrogen and oxygen atoms in total. The molecule has 1 heterocycles. The van der Waals surface area contributed by atoms with Crippen LogP contribution in [0.25, 0.3) is 11.6 Å². The van der Waals surface area contributed by atoms with Gasteiger partial charge in [-0.2, -0.15) is 0 Å². The molecular formula is C18H19NO2. The molecule has 0 fully saturated rings. The van der Waals surface area contributed by atoms with Crippen LogP contribution in [0.3, 0.4) is 0 Å². The molecule has 1 aliphatic rings. The molecule has 1 N–H and O–H groups in total. The Kier molecular flexibility index (Phi) is 3.65. The maximum absolute atomic E-state index is 9.68. The highest BCUT2D eigenvalue weighted by molar-refractivity contribution is 5.82. The topological polar surface area (TPSA) is 42.4 Å². The Labute approximate surface area is 124 Å². The average molecular weight is 281 g/mol. The fourth-order valence-electron chi connectivity index (χ4n) is 2.88. The van der Waals surface area contributed by atoms with Crippen molar-refractivity contribution >= 4 is 11.6 Å². The normalized spacial score (nSPS) is 15.8. The quantitative estimate of drug-likeness (QED) is 0.905. The Hall–Kier alpha value is -2.29. The standard InChI is InChI=1S/C18H19NO2/c1-12-8-9-19-18-14(4-3-5-15(12)18)10-13-6-7-16(20)17(11-13)21-2/h6-11,20H,3-5H2,1-2H3. The Morgan fingerprint density at radius 3 is 2.90 bits per heavy atom. The number of aromatic nitrogens is 1. The van der Waals surface area contributed by atoms with Crippen molar-refractivity contribution in [2.45, 2.75) is 26.2 Å². The van der Waals surface area contributed by atoms with Crippen LogP contribution >= 0.6 is 0 Å². The molecule has 0 saturated heterocycles. The molecule has 0 saturated carbocycles. The van der Waals surface area contributed by atoms with Crippen LogP contribution in [-0.2, 0) is 6.42 Å². The molecule has 0 amide bonds. The molecule has 3 heteroatoms. The molecule has 0 spiro atoms. The number of hydrogen-bond acceptors (Lipinski definition) is 3. The van der Waals surface area contributed by atoms with Gasteiger partial charge in [0.2, 0.25) is 0 Å². The van der Waals surface area contributed by atoms with Crippen molar-refractivity contribution in [1.29, 1.82) is 0 Å². The van der Waals surface area contributed by atoms with Gasteiger partial charge in [-0.15, -0.1) is 0 Å². The SMILES string of the molecule is COc1cc(C=C2CCCc3c(C)ccnc32)ccc1O. The summed E-state index contributed by atoms with van der Waals surface area (Å²) in [5.74, 6) is 0.662. The van der Waals surface area contributed by atoms with Crippen molar-refractivity contribution in [3.63, 3.8) is 0 Å². The van der Waals surface area contributed by atoms with Crippen LogP contribution in [0, 0.1) is 6.92 Å². The minimum absolute atomic E-state index is 0.165. The summed E-state index contributed by atoms with van der Waals surface area (Å²) < 4.78 is 5.17. The van der Waals surface area contributed by atoms with Crippen molar-refractivity contribution < 1.29 is 9.84 Å². The highest BCUT2D eigenvalue weighted by atomic mass is 16.5. The van der Waals surface area contributed by atoms with E-state index in [1.165, 1.54) is 16.7 Å². The largest absolute Gasteiger partial charge is 0.504 e. The molecule has 1 aliphatic carbocycles. The summed E-state index contributed by atoms with van der Waals surface area (Å²) in [5, 5.41) is 9.68. The van der Waals surface area contributed by atoms with Gasteiger partial charge in [-0.25, -0.2) is 0 Å². The second-order valence-corrected chi connectivity index (χ2v) is 5.41. The van der Waals surface area contributed by atoms with Crippen LogP contribution in [0.15, 0.2) is 30.5 Å². The number of ether oxygens (including phenoxy) is 1. The van der Waals surface area contributed by atoms with E-state index in [9.17, 15) is 5.11 Å². The average Bonchev–Trinajstić information content (AvgIpc) is 2.50. The van der Waals surface area contributed by atoms with Crippen LogP contribution in [0.4, 0.5) is 0 Å². The van der Waals surface area contributed by atoms with Gasteiger partial charge in [-0.05, 0) is 72.7 Å². The predicted octanol–water partition coefficient (Wildman–Crippen LogP) is 3.98. The molecule has 3 rings (SSSR count). The lowest BCUT2D eigenvalue weighted by Crippen LogP contribution is -2.06. The van der Waals surface area contributed by atoms with E-state index >= 15 is 0 Å². The maximum atomic E-state index is 9.68. The van der Waals surface area contributed by atoms with E-state index in [2.05, 4.69) is 24.1 Å². The lowest BCUT2D eigenvalue weighted by Gasteiger charge is -2.19. The highest BCUT2D eigenvalue weighted by Gasteiger charge is 2.17. The van der Waals surface area contributed by atoms with Crippen LogP contribution in [0.5, 0.6) is 11.5 Å². The molecule has 108 valence electrons. The van der Waals surface area contributed by atoms with E-state index in [0.717, 1.165) is 30.5 Å². The lowest BCUT2D eigenvalue weighted by atomic mass is 9.88. The van der Waals surface area contributed by atoms with Gasteiger partial charge in [0.05, 0.1) is 12.8 Å². The summed E-state index contributed by atoms with van der Waals surface area (Å²) >= 11 is 0. The number of aromatic hydroxyl groups is 1. The Morgan fingerprint density at radius 1 is 1.24 bits per heavy atom. The van der Waals surface area contributed by atoms with E-state index in [4.69, 9.17) is 4.74 Å². The van der Waals surface area contributed by atoms with Crippen molar-refractivity contribution in [3.05, 3.63) is 52.8 Å². The summed E-state index contributed by atoms with van der Waals surface area (Å²) in [6.45, 7) is 2.15. The number of allylic oxidation sites excluding steroid dienone is 1. The molecule has 2 aromatic rings. The monoisotopic (exact) mass is 281 g/mol. The first kappa shape index (κ1) is 13.7. The van der Waals surface area contributed by atoms with Gasteiger partial charge in [0.1, 0.15) is 0 Å². The zero-order chi connectivity index (χ0) is 14.8. The number of benzene rings is 1. The second kappa shape index (κ2) is 5.60. The summed E-state index contributed by atoms with van der Waals surface area (Å²) in [6, 6.07) is 7.49. The van der Waals surface area contributed by atoms with Gasteiger partial charge in [-0.3, -0.25) is 4.98 Å². The van der Waals surface area contributed by atoms with Gasteiger partial charge < -0.3 is 9.84 Å². The third-order valence-corrected chi connectivity index (χ3v) is 4.01. The number of rotatable bonds is 2. The third-order valence-electron chi connectivity index (χ3n) is 4.01. The van der Waals surface area contributed by atoms with Gasteiger partial charge in [0, 0.05) is 6.20 Å². The molecule has 1 aromatic carbocycles. The van der Waals surface area contributed by atoms with Crippen LogP contribution in [0.1, 0.15) is 35.2 Å². The third kappa shape index (κ3) is 2.64. The van der Waals surface area contributed by atoms with Gasteiger partial charge in [0.15, 0.2) is 11.5 Å². The smallest absolute Gasteiger partial charge is 0.161 e. The zero-order valence-corrected chi connectivity index (χ0v) is 12.4. The lowest BCUT2D eigenvalue weighted by molar-refractivity contribution is 0.373. The summed E-state index contributed by atoms with van der Waals surface area (Å²) in [6.07, 6.45) is 7.32. The maximum Gasteiger partial charge on any atom is 0.161 e. The van der Waals surface area contributed by atoms with Gasteiger partial charge in [0.25, 0.3) is 0 Å². The molecule has 0 atom stereocenters. The van der Waals surface area contributed by atoms with Gasteiger partial charge >= 0.3 is 0 Å². The van der Waals surface area contributed by atoms with Gasteiger partial charge in [-0.1, -0.05) is 6.07 Å². The Bertz CT molecular complexity index is 704. The van der Waals surface area contributed by atoms with Crippen LogP contribution in [0.2, 0.25) is 0 Å². The second-order valence-electron chi connectivity index (χ2n) is 5.41. The molecule has 0 radical (unpaired) electrons. The van der Waals surface area contributed by atoms with E-state index in [-0.39, 0.29) is 5.75 Å². The minimum atomic E-state index is 0.165. The van der Waals surface area contributed by atoms with E-state index in [1.807, 2.05) is 18.3 Å². The number of phenols is 1. The molecular weight excluding hydrogens is 262 g/mol. The molecule has 21 heavy (non-hydrogen) atoms. The Morgan fingerprint density at radius 2 is 2.10 bits per heavy atom. The minimum Gasteiger partial charge on any atom is -0.504 e. The Balaban J connectivity index is 2.04. The molecule has 0 unspecified atom stereocenters. The van der Waals surface area contributed by atoms with E-state index in [0.29, 0.717) is 5.75 Å². The van der Waals surface area contributed by atoms with Crippen LogP contribution in [-0.4, -0.2) is 17.2 Å². The number of phenolic OH excluding ortho intramolecular Hbond substituents is 1. The summed E-state index contributed by atoms with van der Waals surface area (Å²) in [4.78, 5) is 4.57. The van der Waals surface area contributed by atoms with E-state index < -0.39 is 0 Å². The van der Waals surface area contributed by atoms with Crippen molar-refractivity contribution in [2.75, 3.05) is 7.11 Å². The van der Waals surface area contributed by atoms with Crippen molar-refractivity contribution in [1.82, 2.24) is 4.98 Å². The molecule has 0 bridgehead atoms. The van der Waals surface area contributed by atoms with Crippen LogP contribution < -0.4 is 4.74 Å². The number of aryl methyl sites for hydroxylation is 1. The fraction of sp³-hybridized carbons (Fsp3) is 0.278. The van der Waals surface area contributed by atoms with Crippen molar-refractivity contribution in [3.8, 4) is 11.5 Å². The number of hydrogen-bond donors (Lipinski definition) is 1. The molecule has 1 aromatic heterocycles. The predicted molar refractivity (Wildman–Crippen MR) is 84.4 cm³/mol. The first-order chi connectivity index (χ1) is 10.2. The first-order valence-electron chi connectivity index (χ1n) is 7.21. The number of methoxy groups -OCH3 is 1. The summed E-state index contributed by atoms with van der Waals surface area (Å²) in [7, 11) is 1.56. The number of pyridine rings is 1. The number of fused-ring (bicyclic) bond motifs is 1. The summed E-state index contributed by atoms with van der Waals surface area (Å²) in [5.41, 5.74) is 6.08. The fourth-order valence-corrected chi connectivity index (χ4v) is 2.88. The first-order valence-corrected chi connectivity index (χ1v) is 7.21. The highest BCUT2D eigenvalue weighted by Crippen LogP contribution is 2.34. The number of nitrogens with zero attached hydrogens (tertiary/aromatic N) is 1. The van der Waals surface area contributed by atoms with Crippen molar-refractivity contribution in [2.24, 2.45) is 0 Å². The zero-order valence-electron chi connectivity index (χ0n) is 12.4. The van der Waals surface area contributed by atoms with E-state index in [1.54, 1.807) is 13.2 Å². The molecule has 0 aliphatic heterocycles.